The van der Waals surface area contributed by atoms with Crippen molar-refractivity contribution in [2.75, 3.05) is 13.7 Å². The Morgan fingerprint density at radius 1 is 1.19 bits per heavy atom. The number of nitrogens with one attached hydrogen (secondary N) is 1. The second-order valence-corrected chi connectivity index (χ2v) is 6.90. The second kappa shape index (κ2) is 8.93. The number of hydrogen-bond donors (Lipinski definition) is 1. The third kappa shape index (κ3) is 5.02. The van der Waals surface area contributed by atoms with E-state index in [1.54, 1.807) is 30.1 Å². The molecule has 3 aromatic rings. The third-order valence-corrected chi connectivity index (χ3v) is 4.61. The normalized spacial score (nSPS) is 13.5. The first-order chi connectivity index (χ1) is 13.1. The number of halogens is 1. The Morgan fingerprint density at radius 3 is 2.59 bits per heavy atom. The van der Waals surface area contributed by atoms with Crippen LogP contribution in [0.1, 0.15) is 29.7 Å². The minimum Gasteiger partial charge on any atom is -0.383 e. The van der Waals surface area contributed by atoms with Crippen molar-refractivity contribution in [3.63, 3.8) is 0 Å². The SMILES string of the molecule is COC[C@@H](Cc1ccccc1)N[C@@H](C)c1ccc(-n2cc(C)cn2)c(F)c1. The largest absolute Gasteiger partial charge is 0.383 e. The molecular weight excluding hydrogens is 341 g/mol. The molecule has 1 aromatic heterocycles. The van der Waals surface area contributed by atoms with Crippen molar-refractivity contribution < 1.29 is 9.13 Å². The number of nitrogens with zero attached hydrogens (tertiary/aromatic N) is 2. The molecule has 2 aromatic carbocycles. The standard InChI is InChI=1S/C22H26FN3O/c1-16-13-24-26(14-16)22-10-9-19(12-21(22)23)17(2)25-20(15-27-3)11-18-7-5-4-6-8-18/h4-10,12-14,17,20,25H,11,15H2,1-3H3/t17-,20+/m0/s1. The number of hydrogen-bond acceptors (Lipinski definition) is 3. The second-order valence-electron chi connectivity index (χ2n) is 6.90. The molecule has 4 nitrogen and oxygen atoms in total. The summed E-state index contributed by atoms with van der Waals surface area (Å²) in [6, 6.07) is 15.7. The first kappa shape index (κ1) is 19.3. The van der Waals surface area contributed by atoms with Crippen LogP contribution in [0.2, 0.25) is 0 Å². The summed E-state index contributed by atoms with van der Waals surface area (Å²) in [5.74, 6) is -0.282. The van der Waals surface area contributed by atoms with E-state index in [-0.39, 0.29) is 17.9 Å². The predicted octanol–water partition coefficient (Wildman–Crippen LogP) is 4.23. The van der Waals surface area contributed by atoms with E-state index in [1.807, 2.05) is 44.3 Å². The van der Waals surface area contributed by atoms with Crippen molar-refractivity contribution in [1.29, 1.82) is 0 Å². The van der Waals surface area contributed by atoms with Gasteiger partial charge in [0.1, 0.15) is 11.5 Å². The van der Waals surface area contributed by atoms with Crippen molar-refractivity contribution in [2.45, 2.75) is 32.4 Å². The van der Waals surface area contributed by atoms with Gasteiger partial charge >= 0.3 is 0 Å². The maximum absolute atomic E-state index is 14.6. The van der Waals surface area contributed by atoms with Crippen molar-refractivity contribution >= 4 is 0 Å². The van der Waals surface area contributed by atoms with E-state index in [2.05, 4.69) is 22.5 Å². The molecule has 1 heterocycles. The Morgan fingerprint density at radius 2 is 1.96 bits per heavy atom. The van der Waals surface area contributed by atoms with Crippen LogP contribution in [-0.2, 0) is 11.2 Å². The fraction of sp³-hybridized carbons (Fsp3) is 0.318. The minimum atomic E-state index is -0.282. The highest BCUT2D eigenvalue weighted by molar-refractivity contribution is 5.37. The van der Waals surface area contributed by atoms with E-state index in [0.29, 0.717) is 12.3 Å². The fourth-order valence-corrected chi connectivity index (χ4v) is 3.24. The lowest BCUT2D eigenvalue weighted by Gasteiger charge is -2.23. The summed E-state index contributed by atoms with van der Waals surface area (Å²) in [5, 5.41) is 7.74. The molecule has 0 aliphatic carbocycles. The monoisotopic (exact) mass is 367 g/mol. The van der Waals surface area contributed by atoms with Crippen LogP contribution in [0.5, 0.6) is 0 Å². The zero-order valence-corrected chi connectivity index (χ0v) is 16.0. The van der Waals surface area contributed by atoms with Gasteiger partial charge in [-0.15, -0.1) is 0 Å². The Bertz CT molecular complexity index is 863. The highest BCUT2D eigenvalue weighted by atomic mass is 19.1. The summed E-state index contributed by atoms with van der Waals surface area (Å²) >= 11 is 0. The molecule has 0 radical (unpaired) electrons. The highest BCUT2D eigenvalue weighted by Crippen LogP contribution is 2.20. The van der Waals surface area contributed by atoms with Crippen molar-refractivity contribution in [1.82, 2.24) is 15.1 Å². The molecule has 3 rings (SSSR count). The first-order valence-electron chi connectivity index (χ1n) is 9.17. The van der Waals surface area contributed by atoms with Crippen LogP contribution < -0.4 is 5.32 Å². The number of rotatable bonds is 8. The zero-order valence-electron chi connectivity index (χ0n) is 16.0. The molecule has 0 fully saturated rings. The number of benzene rings is 2. The molecule has 1 N–H and O–H groups in total. The van der Waals surface area contributed by atoms with E-state index in [1.165, 1.54) is 5.56 Å². The summed E-state index contributed by atoms with van der Waals surface area (Å²) in [6.45, 7) is 4.57. The average Bonchev–Trinajstić information content (AvgIpc) is 3.08. The van der Waals surface area contributed by atoms with Crippen LogP contribution in [0, 0.1) is 12.7 Å². The minimum absolute atomic E-state index is 0.00299. The maximum Gasteiger partial charge on any atom is 0.149 e. The van der Waals surface area contributed by atoms with Gasteiger partial charge in [-0.05, 0) is 49.1 Å². The molecule has 142 valence electrons. The smallest absolute Gasteiger partial charge is 0.149 e. The van der Waals surface area contributed by atoms with E-state index in [9.17, 15) is 4.39 Å². The van der Waals surface area contributed by atoms with Gasteiger partial charge < -0.3 is 10.1 Å². The Hall–Kier alpha value is -2.50. The van der Waals surface area contributed by atoms with Crippen LogP contribution in [-0.4, -0.2) is 29.5 Å². The van der Waals surface area contributed by atoms with Gasteiger partial charge in [-0.25, -0.2) is 9.07 Å². The molecule has 0 amide bonds. The van der Waals surface area contributed by atoms with Crippen LogP contribution in [0.25, 0.3) is 5.69 Å². The van der Waals surface area contributed by atoms with Gasteiger partial charge in [-0.3, -0.25) is 0 Å². The summed E-state index contributed by atoms with van der Waals surface area (Å²) in [7, 11) is 1.70. The van der Waals surface area contributed by atoms with E-state index in [0.717, 1.165) is 17.5 Å². The van der Waals surface area contributed by atoms with Gasteiger partial charge in [-0.2, -0.15) is 5.10 Å². The fourth-order valence-electron chi connectivity index (χ4n) is 3.24. The Balaban J connectivity index is 1.72. The molecule has 2 atom stereocenters. The summed E-state index contributed by atoms with van der Waals surface area (Å²) in [4.78, 5) is 0. The summed E-state index contributed by atoms with van der Waals surface area (Å²) in [6.07, 6.45) is 4.39. The summed E-state index contributed by atoms with van der Waals surface area (Å²) < 4.78 is 21.6. The molecule has 0 aliphatic heterocycles. The first-order valence-corrected chi connectivity index (χ1v) is 9.17. The van der Waals surface area contributed by atoms with Crippen molar-refractivity contribution in [2.24, 2.45) is 0 Å². The number of methoxy groups -OCH3 is 1. The van der Waals surface area contributed by atoms with Gasteiger partial charge in [0.25, 0.3) is 0 Å². The van der Waals surface area contributed by atoms with E-state index in [4.69, 9.17) is 4.74 Å². The Kier molecular flexibility index (Phi) is 6.37. The number of ether oxygens (including phenoxy) is 1. The van der Waals surface area contributed by atoms with Crippen LogP contribution in [0.3, 0.4) is 0 Å². The zero-order chi connectivity index (χ0) is 19.2. The van der Waals surface area contributed by atoms with Crippen LogP contribution in [0.4, 0.5) is 4.39 Å². The van der Waals surface area contributed by atoms with Gasteiger partial charge in [0.2, 0.25) is 0 Å². The molecule has 27 heavy (non-hydrogen) atoms. The van der Waals surface area contributed by atoms with Gasteiger partial charge in [0.15, 0.2) is 0 Å². The number of aromatic nitrogens is 2. The lowest BCUT2D eigenvalue weighted by Crippen LogP contribution is -2.37. The molecule has 0 saturated heterocycles. The molecular formula is C22H26FN3O. The topological polar surface area (TPSA) is 39.1 Å². The molecule has 0 bridgehead atoms. The Labute approximate surface area is 160 Å². The lowest BCUT2D eigenvalue weighted by atomic mass is 10.0. The van der Waals surface area contributed by atoms with E-state index >= 15 is 0 Å². The molecule has 5 heteroatoms. The van der Waals surface area contributed by atoms with E-state index < -0.39 is 0 Å². The maximum atomic E-state index is 14.6. The van der Waals surface area contributed by atoms with Crippen LogP contribution in [0.15, 0.2) is 60.9 Å². The van der Waals surface area contributed by atoms with Crippen molar-refractivity contribution in [3.05, 3.63) is 83.4 Å². The lowest BCUT2D eigenvalue weighted by molar-refractivity contribution is 0.161. The predicted molar refractivity (Wildman–Crippen MR) is 106 cm³/mol. The molecule has 0 saturated carbocycles. The van der Waals surface area contributed by atoms with Gasteiger partial charge in [-0.1, -0.05) is 36.4 Å². The average molecular weight is 367 g/mol. The van der Waals surface area contributed by atoms with Gasteiger partial charge in [0, 0.05) is 25.4 Å². The number of aryl methyl sites for hydroxylation is 1. The molecule has 0 aliphatic rings. The third-order valence-electron chi connectivity index (χ3n) is 4.61. The van der Waals surface area contributed by atoms with Crippen molar-refractivity contribution in [3.8, 4) is 5.69 Å². The van der Waals surface area contributed by atoms with Gasteiger partial charge in [0.05, 0.1) is 12.8 Å². The highest BCUT2D eigenvalue weighted by Gasteiger charge is 2.16. The summed E-state index contributed by atoms with van der Waals surface area (Å²) in [5.41, 5.74) is 3.60. The molecule has 0 unspecified atom stereocenters. The quantitative estimate of drug-likeness (QED) is 0.648. The molecule has 0 spiro atoms. The van der Waals surface area contributed by atoms with Crippen LogP contribution >= 0.6 is 0 Å².